The van der Waals surface area contributed by atoms with Gasteiger partial charge in [-0.1, -0.05) is 0 Å². The average molecular weight is 409 g/mol. The second-order valence-corrected chi connectivity index (χ2v) is 11.2. The van der Waals surface area contributed by atoms with Crippen molar-refractivity contribution in [1.29, 1.82) is 0 Å². The third-order valence-electron chi connectivity index (χ3n) is 2.68. The highest BCUT2D eigenvalue weighted by atomic mass is 33.1. The standard InChI is InChI=1S/C12H12N2O6S4/c1-23(17,18)11-3-9(5-13(15)7-11)21-22-10-4-12(24(2,19)20)8-14(16)6-10/h3-8H,1-2H3. The first-order valence-corrected chi connectivity index (χ1v) is 12.1. The monoisotopic (exact) mass is 408 g/mol. The second-order valence-electron chi connectivity index (χ2n) is 4.85. The fourth-order valence-electron chi connectivity index (χ4n) is 1.60. The van der Waals surface area contributed by atoms with E-state index >= 15 is 0 Å². The van der Waals surface area contributed by atoms with Crippen LogP contribution < -0.4 is 9.46 Å². The SMILES string of the molecule is CS(=O)(=O)c1cc(SSc2cc(S(C)(=O)=O)c[n+]([O-])c2)c[n+]([O-])c1. The fraction of sp³-hybridized carbons (Fsp3) is 0.167. The van der Waals surface area contributed by atoms with E-state index in [1.807, 2.05) is 0 Å². The minimum Gasteiger partial charge on any atom is -0.619 e. The molecule has 0 radical (unpaired) electrons. The van der Waals surface area contributed by atoms with Gasteiger partial charge in [0.15, 0.2) is 44.5 Å². The van der Waals surface area contributed by atoms with Crippen molar-refractivity contribution >= 4 is 41.3 Å². The number of rotatable bonds is 5. The Labute approximate surface area is 146 Å². The number of hydrogen-bond acceptors (Lipinski definition) is 8. The molecule has 0 aliphatic heterocycles. The van der Waals surface area contributed by atoms with Gasteiger partial charge in [0, 0.05) is 12.5 Å². The summed E-state index contributed by atoms with van der Waals surface area (Å²) in [6.45, 7) is 0. The van der Waals surface area contributed by atoms with E-state index in [9.17, 15) is 27.3 Å². The van der Waals surface area contributed by atoms with Crippen LogP contribution in [0.4, 0.5) is 0 Å². The molecule has 8 nitrogen and oxygen atoms in total. The van der Waals surface area contributed by atoms with Gasteiger partial charge in [-0.05, 0) is 33.7 Å². The third-order valence-corrected chi connectivity index (χ3v) is 7.16. The number of pyridine rings is 2. The van der Waals surface area contributed by atoms with Crippen LogP contribution in [0, 0.1) is 10.4 Å². The number of nitrogens with zero attached hydrogens (tertiary/aromatic N) is 2. The molecule has 0 aliphatic carbocycles. The molecular weight excluding hydrogens is 396 g/mol. The van der Waals surface area contributed by atoms with Gasteiger partial charge in [-0.2, -0.15) is 9.46 Å². The van der Waals surface area contributed by atoms with Crippen molar-refractivity contribution in [2.75, 3.05) is 12.5 Å². The third kappa shape index (κ3) is 5.00. The highest BCUT2D eigenvalue weighted by molar-refractivity contribution is 8.76. The Kier molecular flexibility index (Phi) is 5.32. The van der Waals surface area contributed by atoms with Gasteiger partial charge < -0.3 is 10.4 Å². The second kappa shape index (κ2) is 6.78. The minimum atomic E-state index is -3.54. The normalized spacial score (nSPS) is 12.2. The lowest BCUT2D eigenvalue weighted by Gasteiger charge is -2.05. The summed E-state index contributed by atoms with van der Waals surface area (Å²) in [5.41, 5.74) is 0. The summed E-state index contributed by atoms with van der Waals surface area (Å²) in [6.07, 6.45) is 6.22. The predicted octanol–water partition coefficient (Wildman–Crippen LogP) is 0.560. The molecule has 0 atom stereocenters. The molecule has 0 N–H and O–H groups in total. The van der Waals surface area contributed by atoms with Crippen LogP contribution in [0.15, 0.2) is 56.5 Å². The highest BCUT2D eigenvalue weighted by Crippen LogP contribution is 2.37. The topological polar surface area (TPSA) is 122 Å². The van der Waals surface area contributed by atoms with Crippen molar-refractivity contribution in [2.24, 2.45) is 0 Å². The summed E-state index contributed by atoms with van der Waals surface area (Å²) in [5, 5.41) is 23.0. The van der Waals surface area contributed by atoms with Crippen LogP contribution in [0.2, 0.25) is 0 Å². The van der Waals surface area contributed by atoms with Crippen LogP contribution in [0.1, 0.15) is 0 Å². The maximum atomic E-state index is 11.5. The first kappa shape index (κ1) is 18.8. The van der Waals surface area contributed by atoms with E-state index in [1.165, 1.54) is 24.5 Å². The first-order valence-electron chi connectivity index (χ1n) is 6.17. The first-order chi connectivity index (χ1) is 10.9. The summed E-state index contributed by atoms with van der Waals surface area (Å²) >= 11 is 0. The minimum absolute atomic E-state index is 0.133. The molecule has 2 aromatic heterocycles. The fourth-order valence-corrected chi connectivity index (χ4v) is 4.98. The molecule has 0 saturated heterocycles. The van der Waals surface area contributed by atoms with Gasteiger partial charge in [-0.15, -0.1) is 0 Å². The summed E-state index contributed by atoms with van der Waals surface area (Å²) in [4.78, 5) is 0.430. The largest absolute Gasteiger partial charge is 0.619 e. The van der Waals surface area contributed by atoms with Gasteiger partial charge in [0.1, 0.15) is 9.79 Å². The summed E-state index contributed by atoms with van der Waals surface area (Å²) in [5.74, 6) is 0. The van der Waals surface area contributed by atoms with Crippen LogP contribution in [0.3, 0.4) is 0 Å². The molecule has 0 fully saturated rings. The van der Waals surface area contributed by atoms with Crippen LogP contribution in [0.25, 0.3) is 0 Å². The Morgan fingerprint density at radius 2 is 1.08 bits per heavy atom. The van der Waals surface area contributed by atoms with E-state index in [0.717, 1.165) is 46.5 Å². The Hall–Kier alpha value is -1.50. The van der Waals surface area contributed by atoms with Crippen molar-refractivity contribution in [2.45, 2.75) is 19.6 Å². The van der Waals surface area contributed by atoms with Crippen molar-refractivity contribution in [1.82, 2.24) is 0 Å². The molecule has 2 aromatic rings. The predicted molar refractivity (Wildman–Crippen MR) is 88.7 cm³/mol. The molecule has 0 saturated carbocycles. The molecule has 0 spiro atoms. The molecule has 130 valence electrons. The molecule has 12 heteroatoms. The number of sulfone groups is 2. The van der Waals surface area contributed by atoms with Crippen LogP contribution in [0.5, 0.6) is 0 Å². The van der Waals surface area contributed by atoms with E-state index in [-0.39, 0.29) is 9.79 Å². The molecule has 0 aromatic carbocycles. The Balaban J connectivity index is 2.29. The van der Waals surface area contributed by atoms with Crippen LogP contribution in [-0.4, -0.2) is 29.3 Å². The molecule has 0 aliphatic rings. The molecule has 2 rings (SSSR count). The highest BCUT2D eigenvalue weighted by Gasteiger charge is 2.16. The lowest BCUT2D eigenvalue weighted by atomic mass is 10.5. The summed E-state index contributed by atoms with van der Waals surface area (Å²) in [7, 11) is -5.02. The van der Waals surface area contributed by atoms with Gasteiger partial charge >= 0.3 is 0 Å². The zero-order chi connectivity index (χ0) is 18.1. The van der Waals surface area contributed by atoms with Gasteiger partial charge in [0.2, 0.25) is 0 Å². The number of hydrogen-bond donors (Lipinski definition) is 0. The average Bonchev–Trinajstić information content (AvgIpc) is 2.42. The van der Waals surface area contributed by atoms with Gasteiger partial charge in [-0.25, -0.2) is 16.8 Å². The van der Waals surface area contributed by atoms with Crippen LogP contribution in [-0.2, 0) is 19.7 Å². The van der Waals surface area contributed by atoms with Gasteiger partial charge in [0.05, 0.1) is 9.79 Å². The van der Waals surface area contributed by atoms with Gasteiger partial charge in [-0.3, -0.25) is 0 Å². The molecular formula is C12H12N2O6S4. The maximum absolute atomic E-state index is 11.5. The Morgan fingerprint density at radius 3 is 1.38 bits per heavy atom. The molecule has 24 heavy (non-hydrogen) atoms. The molecule has 2 heterocycles. The Bertz CT molecular complexity index is 907. The zero-order valence-corrected chi connectivity index (χ0v) is 15.7. The van der Waals surface area contributed by atoms with E-state index in [0.29, 0.717) is 19.3 Å². The molecule has 0 amide bonds. The van der Waals surface area contributed by atoms with Crippen molar-refractivity contribution in [3.05, 3.63) is 47.3 Å². The van der Waals surface area contributed by atoms with E-state index in [2.05, 4.69) is 0 Å². The maximum Gasteiger partial charge on any atom is 0.199 e. The van der Waals surface area contributed by atoms with Crippen LogP contribution >= 0.6 is 21.6 Å². The lowest BCUT2D eigenvalue weighted by molar-refractivity contribution is -0.609. The van der Waals surface area contributed by atoms with Gasteiger partial charge in [0.25, 0.3) is 0 Å². The van der Waals surface area contributed by atoms with Crippen molar-refractivity contribution < 1.29 is 26.3 Å². The van der Waals surface area contributed by atoms with Crippen molar-refractivity contribution in [3.63, 3.8) is 0 Å². The van der Waals surface area contributed by atoms with E-state index < -0.39 is 19.7 Å². The molecule has 0 unspecified atom stereocenters. The quantitative estimate of drug-likeness (QED) is 0.399. The molecule has 0 bridgehead atoms. The van der Waals surface area contributed by atoms with E-state index in [4.69, 9.17) is 0 Å². The van der Waals surface area contributed by atoms with Crippen molar-refractivity contribution in [3.8, 4) is 0 Å². The zero-order valence-electron chi connectivity index (χ0n) is 12.4. The lowest BCUT2D eigenvalue weighted by Crippen LogP contribution is -2.26. The summed E-state index contributed by atoms with van der Waals surface area (Å²) < 4.78 is 46.9. The Morgan fingerprint density at radius 1 is 0.750 bits per heavy atom. The van der Waals surface area contributed by atoms with E-state index in [1.54, 1.807) is 0 Å². The summed E-state index contributed by atoms with van der Waals surface area (Å²) in [6, 6.07) is 2.65. The number of aromatic nitrogens is 2. The smallest absolute Gasteiger partial charge is 0.199 e.